The molecule has 0 saturated carbocycles. The molecule has 176 valence electrons. The Bertz CT molecular complexity index is 1270. The van der Waals surface area contributed by atoms with Crippen molar-refractivity contribution in [3.05, 3.63) is 40.6 Å². The molecule has 0 bridgehead atoms. The molecule has 4 rings (SSSR count). The van der Waals surface area contributed by atoms with E-state index in [-0.39, 0.29) is 22.7 Å². The number of aliphatic hydroxyl groups excluding tert-OH is 3. The SMILES string of the molecule is O=c1c(O)c(-c2ccc(O)c(O)c2)oc2cc(OC3OCC(O)C(O)C3(O)CO)cc(O)c12. The molecule has 2 aromatic carbocycles. The number of aliphatic hydroxyl groups is 4. The van der Waals surface area contributed by atoms with Crippen LogP contribution in [0.3, 0.4) is 0 Å². The second-order valence-corrected chi connectivity index (χ2v) is 7.57. The molecule has 8 N–H and O–H groups in total. The summed E-state index contributed by atoms with van der Waals surface area (Å²) in [5.74, 6) is -3.08. The molecule has 4 atom stereocenters. The first-order chi connectivity index (χ1) is 15.6. The molecule has 1 aliphatic heterocycles. The molecule has 1 saturated heterocycles. The average Bonchev–Trinajstić information content (AvgIpc) is 2.78. The van der Waals surface area contributed by atoms with E-state index in [1.807, 2.05) is 0 Å². The van der Waals surface area contributed by atoms with Crippen LogP contribution in [-0.2, 0) is 4.74 Å². The van der Waals surface area contributed by atoms with Crippen LogP contribution in [0.2, 0.25) is 0 Å². The normalized spacial score (nSPS) is 25.3. The second-order valence-electron chi connectivity index (χ2n) is 7.57. The lowest BCUT2D eigenvalue weighted by Gasteiger charge is -2.43. The first-order valence-electron chi connectivity index (χ1n) is 9.59. The predicted molar refractivity (Wildman–Crippen MR) is 109 cm³/mol. The topological polar surface area (TPSA) is 211 Å². The summed E-state index contributed by atoms with van der Waals surface area (Å²) < 4.78 is 16.2. The van der Waals surface area contributed by atoms with Gasteiger partial charge in [0.05, 0.1) is 13.2 Å². The van der Waals surface area contributed by atoms with Crippen LogP contribution in [0.15, 0.2) is 39.5 Å². The summed E-state index contributed by atoms with van der Waals surface area (Å²) in [6.45, 7) is -1.46. The number of fused-ring (bicyclic) bond motifs is 1. The van der Waals surface area contributed by atoms with Crippen LogP contribution in [0, 0.1) is 0 Å². The van der Waals surface area contributed by atoms with Crippen molar-refractivity contribution in [3.63, 3.8) is 0 Å². The van der Waals surface area contributed by atoms with Crippen molar-refractivity contribution < 1.29 is 54.7 Å². The van der Waals surface area contributed by atoms with E-state index in [0.717, 1.165) is 24.3 Å². The molecule has 0 radical (unpaired) electrons. The van der Waals surface area contributed by atoms with E-state index < -0.39 is 71.1 Å². The van der Waals surface area contributed by atoms with Crippen LogP contribution in [-0.4, -0.2) is 78.2 Å². The number of hydrogen-bond acceptors (Lipinski definition) is 12. The third-order valence-electron chi connectivity index (χ3n) is 5.36. The van der Waals surface area contributed by atoms with E-state index in [0.29, 0.717) is 0 Å². The van der Waals surface area contributed by atoms with E-state index in [4.69, 9.17) is 13.9 Å². The van der Waals surface area contributed by atoms with Crippen LogP contribution in [0.4, 0.5) is 0 Å². The minimum Gasteiger partial charge on any atom is -0.507 e. The number of rotatable bonds is 4. The standard InChI is InChI=1S/C21H20O12/c22-7-21(30)19(29)13(26)6-31-20(21)32-9-4-12(25)15-14(5-9)33-18(17(28)16(15)27)8-1-2-10(23)11(24)3-8/h1-5,13,19-20,22-26,28-30H,6-7H2. The summed E-state index contributed by atoms with van der Waals surface area (Å²) in [5.41, 5.74) is -3.64. The van der Waals surface area contributed by atoms with E-state index in [9.17, 15) is 45.6 Å². The highest BCUT2D eigenvalue weighted by atomic mass is 16.7. The van der Waals surface area contributed by atoms with Gasteiger partial charge < -0.3 is 54.7 Å². The smallest absolute Gasteiger partial charge is 0.238 e. The minimum absolute atomic E-state index is 0.0370. The van der Waals surface area contributed by atoms with E-state index in [1.165, 1.54) is 6.07 Å². The van der Waals surface area contributed by atoms with Gasteiger partial charge in [0.25, 0.3) is 0 Å². The zero-order valence-corrected chi connectivity index (χ0v) is 16.7. The number of aromatic hydroxyl groups is 4. The third-order valence-corrected chi connectivity index (χ3v) is 5.36. The van der Waals surface area contributed by atoms with E-state index >= 15 is 0 Å². The van der Waals surface area contributed by atoms with Gasteiger partial charge >= 0.3 is 0 Å². The fourth-order valence-electron chi connectivity index (χ4n) is 3.51. The molecule has 33 heavy (non-hydrogen) atoms. The molecule has 1 aliphatic rings. The van der Waals surface area contributed by atoms with Crippen LogP contribution >= 0.6 is 0 Å². The van der Waals surface area contributed by atoms with Crippen LogP contribution in [0.1, 0.15) is 0 Å². The van der Waals surface area contributed by atoms with Crippen LogP contribution < -0.4 is 10.2 Å². The number of ether oxygens (including phenoxy) is 2. The molecule has 0 aliphatic carbocycles. The maximum absolute atomic E-state index is 12.6. The Morgan fingerprint density at radius 1 is 1.03 bits per heavy atom. The Hall–Kier alpha value is -3.55. The maximum atomic E-state index is 12.6. The number of hydrogen-bond donors (Lipinski definition) is 8. The monoisotopic (exact) mass is 464 g/mol. The lowest BCUT2D eigenvalue weighted by molar-refractivity contribution is -0.301. The number of benzene rings is 2. The summed E-state index contributed by atoms with van der Waals surface area (Å²) in [6, 6.07) is 5.51. The van der Waals surface area contributed by atoms with Gasteiger partial charge in [-0.3, -0.25) is 4.79 Å². The molecule has 4 unspecified atom stereocenters. The second kappa shape index (κ2) is 8.10. The van der Waals surface area contributed by atoms with Gasteiger partial charge in [-0.25, -0.2) is 0 Å². The molecule has 0 spiro atoms. The maximum Gasteiger partial charge on any atom is 0.238 e. The first kappa shape index (κ1) is 22.6. The fraction of sp³-hybridized carbons (Fsp3) is 0.286. The van der Waals surface area contributed by atoms with E-state index in [1.54, 1.807) is 0 Å². The van der Waals surface area contributed by atoms with Crippen molar-refractivity contribution in [1.29, 1.82) is 0 Å². The Morgan fingerprint density at radius 3 is 2.42 bits per heavy atom. The lowest BCUT2D eigenvalue weighted by Crippen LogP contribution is -2.66. The highest BCUT2D eigenvalue weighted by molar-refractivity contribution is 5.88. The Balaban J connectivity index is 1.80. The molecule has 12 nitrogen and oxygen atoms in total. The summed E-state index contributed by atoms with van der Waals surface area (Å²) in [4.78, 5) is 12.6. The molecule has 0 amide bonds. The summed E-state index contributed by atoms with van der Waals surface area (Å²) in [5, 5.41) is 79.2. The molecular formula is C21H20O12. The first-order valence-corrected chi connectivity index (χ1v) is 9.59. The molecule has 1 aromatic heterocycles. The highest BCUT2D eigenvalue weighted by Crippen LogP contribution is 2.38. The van der Waals surface area contributed by atoms with Crippen molar-refractivity contribution in [2.24, 2.45) is 0 Å². The summed E-state index contributed by atoms with van der Waals surface area (Å²) in [6.07, 6.45) is -4.97. The van der Waals surface area contributed by atoms with Gasteiger partial charge in [0, 0.05) is 17.7 Å². The van der Waals surface area contributed by atoms with Crippen molar-refractivity contribution in [2.45, 2.75) is 24.1 Å². The summed E-state index contributed by atoms with van der Waals surface area (Å²) >= 11 is 0. The van der Waals surface area contributed by atoms with Crippen LogP contribution in [0.25, 0.3) is 22.3 Å². The van der Waals surface area contributed by atoms with Crippen molar-refractivity contribution in [2.75, 3.05) is 13.2 Å². The molecule has 3 aromatic rings. The minimum atomic E-state index is -2.41. The van der Waals surface area contributed by atoms with Gasteiger partial charge in [0.2, 0.25) is 17.5 Å². The van der Waals surface area contributed by atoms with Gasteiger partial charge in [0.1, 0.15) is 34.7 Å². The Labute approximate surface area is 184 Å². The van der Waals surface area contributed by atoms with E-state index in [2.05, 4.69) is 0 Å². The summed E-state index contributed by atoms with van der Waals surface area (Å²) in [7, 11) is 0. The Kier molecular flexibility index (Phi) is 5.56. The lowest BCUT2D eigenvalue weighted by atomic mass is 9.90. The zero-order chi connectivity index (χ0) is 24.1. The van der Waals surface area contributed by atoms with Gasteiger partial charge in [0.15, 0.2) is 22.9 Å². The molecular weight excluding hydrogens is 444 g/mol. The fourth-order valence-corrected chi connectivity index (χ4v) is 3.51. The van der Waals surface area contributed by atoms with Gasteiger partial charge in [-0.1, -0.05) is 0 Å². The van der Waals surface area contributed by atoms with Gasteiger partial charge in [-0.15, -0.1) is 0 Å². The van der Waals surface area contributed by atoms with Crippen molar-refractivity contribution in [3.8, 4) is 40.1 Å². The van der Waals surface area contributed by atoms with Crippen molar-refractivity contribution >= 4 is 11.0 Å². The largest absolute Gasteiger partial charge is 0.507 e. The number of phenols is 3. The van der Waals surface area contributed by atoms with Gasteiger partial charge in [-0.05, 0) is 18.2 Å². The highest BCUT2D eigenvalue weighted by Gasteiger charge is 2.52. The van der Waals surface area contributed by atoms with Crippen LogP contribution in [0.5, 0.6) is 28.7 Å². The third kappa shape index (κ3) is 3.69. The predicted octanol–water partition coefficient (Wildman–Crippen LogP) is -0.537. The number of phenolic OH excluding ortho intramolecular Hbond substituents is 3. The van der Waals surface area contributed by atoms with Gasteiger partial charge in [-0.2, -0.15) is 0 Å². The van der Waals surface area contributed by atoms with Crippen molar-refractivity contribution in [1.82, 2.24) is 0 Å². The molecule has 12 heteroatoms. The quantitative estimate of drug-likeness (QED) is 0.229. The zero-order valence-electron chi connectivity index (χ0n) is 16.7. The molecule has 1 fully saturated rings. The average molecular weight is 464 g/mol. The Morgan fingerprint density at radius 2 is 1.76 bits per heavy atom. The molecule has 2 heterocycles.